The average Bonchev–Trinajstić information content (AvgIpc) is 3.20. The lowest BCUT2D eigenvalue weighted by Crippen LogP contribution is -2.48. The molecule has 7 nitrogen and oxygen atoms in total. The zero-order chi connectivity index (χ0) is 16.9. The van der Waals surface area contributed by atoms with E-state index in [1.165, 1.54) is 13.0 Å². The van der Waals surface area contributed by atoms with Crippen molar-refractivity contribution in [2.24, 2.45) is 18.0 Å². The van der Waals surface area contributed by atoms with Gasteiger partial charge in [-0.2, -0.15) is 5.10 Å². The maximum atomic E-state index is 5.94. The summed E-state index contributed by atoms with van der Waals surface area (Å²) in [5.41, 5.74) is 1.13. The highest BCUT2D eigenvalue weighted by atomic mass is 16.5. The molecule has 2 atom stereocenters. The topological polar surface area (TPSA) is 57.9 Å². The van der Waals surface area contributed by atoms with Crippen LogP contribution < -0.4 is 5.32 Å². The first-order valence-electron chi connectivity index (χ1n) is 8.97. The predicted molar refractivity (Wildman–Crippen MR) is 95.1 cm³/mol. The summed E-state index contributed by atoms with van der Waals surface area (Å²) in [5, 5.41) is 7.71. The third-order valence-electron chi connectivity index (χ3n) is 4.79. The van der Waals surface area contributed by atoms with Crippen molar-refractivity contribution in [3.63, 3.8) is 0 Å². The highest BCUT2D eigenvalue weighted by Gasteiger charge is 2.26. The van der Waals surface area contributed by atoms with E-state index in [4.69, 9.17) is 9.73 Å². The molecule has 0 radical (unpaired) electrons. The molecule has 0 amide bonds. The molecule has 1 aromatic heterocycles. The van der Waals surface area contributed by atoms with Gasteiger partial charge in [-0.05, 0) is 32.9 Å². The summed E-state index contributed by atoms with van der Waals surface area (Å²) in [6, 6.07) is 0. The SMILES string of the molecule is CCNC(=NCC1CCN(C)C1)N1CCOC(c2cnn(C)c2)C1. The van der Waals surface area contributed by atoms with Crippen LogP contribution in [-0.2, 0) is 11.8 Å². The van der Waals surface area contributed by atoms with Gasteiger partial charge in [-0.25, -0.2) is 0 Å². The van der Waals surface area contributed by atoms with Crippen molar-refractivity contribution < 1.29 is 4.74 Å². The maximum absolute atomic E-state index is 5.94. The van der Waals surface area contributed by atoms with Gasteiger partial charge in [0.25, 0.3) is 0 Å². The van der Waals surface area contributed by atoms with Crippen LogP contribution in [0.1, 0.15) is 25.0 Å². The molecule has 3 heterocycles. The molecule has 24 heavy (non-hydrogen) atoms. The molecule has 0 saturated carbocycles. The highest BCUT2D eigenvalue weighted by Crippen LogP contribution is 2.22. The number of morpholine rings is 1. The minimum atomic E-state index is 0.0638. The Labute approximate surface area is 144 Å². The molecular formula is C17H30N6O. The van der Waals surface area contributed by atoms with Crippen LogP contribution in [0.3, 0.4) is 0 Å². The van der Waals surface area contributed by atoms with Crippen molar-refractivity contribution in [3.8, 4) is 0 Å². The summed E-state index contributed by atoms with van der Waals surface area (Å²) in [6.07, 6.45) is 5.24. The number of nitrogens with zero attached hydrogens (tertiary/aromatic N) is 5. The van der Waals surface area contributed by atoms with Crippen LogP contribution in [0.4, 0.5) is 0 Å². The number of ether oxygens (including phenoxy) is 1. The van der Waals surface area contributed by atoms with Crippen molar-refractivity contribution in [2.45, 2.75) is 19.4 Å². The lowest BCUT2D eigenvalue weighted by atomic mass is 10.1. The quantitative estimate of drug-likeness (QED) is 0.649. The Bertz CT molecular complexity index is 557. The van der Waals surface area contributed by atoms with Crippen molar-refractivity contribution in [1.82, 2.24) is 24.9 Å². The van der Waals surface area contributed by atoms with Gasteiger partial charge in [-0.1, -0.05) is 0 Å². The summed E-state index contributed by atoms with van der Waals surface area (Å²) in [7, 11) is 4.13. The minimum Gasteiger partial charge on any atom is -0.370 e. The summed E-state index contributed by atoms with van der Waals surface area (Å²) >= 11 is 0. The smallest absolute Gasteiger partial charge is 0.194 e. The Morgan fingerprint density at radius 2 is 2.25 bits per heavy atom. The number of aromatic nitrogens is 2. The fraction of sp³-hybridized carbons (Fsp3) is 0.765. The Morgan fingerprint density at radius 3 is 2.92 bits per heavy atom. The second-order valence-corrected chi connectivity index (χ2v) is 6.86. The number of aryl methyl sites for hydroxylation is 1. The van der Waals surface area contributed by atoms with Gasteiger partial charge in [-0.15, -0.1) is 0 Å². The van der Waals surface area contributed by atoms with Crippen LogP contribution >= 0.6 is 0 Å². The van der Waals surface area contributed by atoms with E-state index < -0.39 is 0 Å². The van der Waals surface area contributed by atoms with E-state index in [1.807, 2.05) is 24.1 Å². The molecule has 7 heteroatoms. The lowest BCUT2D eigenvalue weighted by molar-refractivity contribution is -0.00806. The number of rotatable bonds is 4. The fourth-order valence-corrected chi connectivity index (χ4v) is 3.47. The Morgan fingerprint density at radius 1 is 1.38 bits per heavy atom. The monoisotopic (exact) mass is 334 g/mol. The van der Waals surface area contributed by atoms with E-state index in [-0.39, 0.29) is 6.10 Å². The Hall–Kier alpha value is -1.60. The summed E-state index contributed by atoms with van der Waals surface area (Å²) in [5.74, 6) is 1.70. The van der Waals surface area contributed by atoms with Crippen LogP contribution in [0, 0.1) is 5.92 Å². The molecule has 0 bridgehead atoms. The van der Waals surface area contributed by atoms with Gasteiger partial charge in [0.15, 0.2) is 5.96 Å². The summed E-state index contributed by atoms with van der Waals surface area (Å²) < 4.78 is 7.77. The van der Waals surface area contributed by atoms with Crippen molar-refractivity contribution in [1.29, 1.82) is 0 Å². The van der Waals surface area contributed by atoms with Crippen LogP contribution in [0.2, 0.25) is 0 Å². The van der Waals surface area contributed by atoms with Crippen molar-refractivity contribution in [2.75, 3.05) is 52.9 Å². The van der Waals surface area contributed by atoms with Crippen molar-refractivity contribution >= 4 is 5.96 Å². The molecule has 0 aromatic carbocycles. The highest BCUT2D eigenvalue weighted by molar-refractivity contribution is 5.80. The van der Waals surface area contributed by atoms with E-state index in [0.717, 1.165) is 50.9 Å². The van der Waals surface area contributed by atoms with Crippen molar-refractivity contribution in [3.05, 3.63) is 18.0 Å². The zero-order valence-corrected chi connectivity index (χ0v) is 15.1. The Balaban J connectivity index is 1.63. The molecular weight excluding hydrogens is 304 g/mol. The molecule has 0 aliphatic carbocycles. The lowest BCUT2D eigenvalue weighted by Gasteiger charge is -2.35. The number of aliphatic imine (C=N–C) groups is 1. The number of likely N-dealkylation sites (tertiary alicyclic amines) is 1. The van der Waals surface area contributed by atoms with Crippen LogP contribution in [0.5, 0.6) is 0 Å². The molecule has 3 rings (SSSR count). The van der Waals surface area contributed by atoms with E-state index in [9.17, 15) is 0 Å². The normalized spacial score (nSPS) is 26.1. The number of nitrogens with one attached hydrogen (secondary N) is 1. The largest absolute Gasteiger partial charge is 0.370 e. The third kappa shape index (κ3) is 4.27. The second-order valence-electron chi connectivity index (χ2n) is 6.86. The van der Waals surface area contributed by atoms with Crippen LogP contribution in [0.25, 0.3) is 0 Å². The van der Waals surface area contributed by atoms with E-state index >= 15 is 0 Å². The third-order valence-corrected chi connectivity index (χ3v) is 4.79. The van der Waals surface area contributed by atoms with E-state index in [2.05, 4.69) is 34.2 Å². The first-order valence-corrected chi connectivity index (χ1v) is 8.97. The van der Waals surface area contributed by atoms with Gasteiger partial charge in [0, 0.05) is 45.0 Å². The van der Waals surface area contributed by atoms with E-state index in [1.54, 1.807) is 0 Å². The maximum Gasteiger partial charge on any atom is 0.194 e. The molecule has 2 aliphatic rings. The first kappa shape index (κ1) is 17.2. The standard InChI is InChI=1S/C17H30N6O/c1-4-18-17(19-9-14-5-6-21(2)11-14)23-7-8-24-16(13-23)15-10-20-22(3)12-15/h10,12,14,16H,4-9,11,13H2,1-3H3,(H,18,19). The number of hydrogen-bond donors (Lipinski definition) is 1. The minimum absolute atomic E-state index is 0.0638. The summed E-state index contributed by atoms with van der Waals surface area (Å²) in [4.78, 5) is 9.63. The first-order chi connectivity index (χ1) is 11.7. The second kappa shape index (κ2) is 7.98. The molecule has 2 fully saturated rings. The molecule has 2 unspecified atom stereocenters. The zero-order valence-electron chi connectivity index (χ0n) is 15.1. The van der Waals surface area contributed by atoms with Gasteiger partial charge < -0.3 is 19.9 Å². The molecule has 1 N–H and O–H groups in total. The molecule has 1 aromatic rings. The number of guanidine groups is 1. The fourth-order valence-electron chi connectivity index (χ4n) is 3.47. The molecule has 2 aliphatic heterocycles. The van der Waals surface area contributed by atoms with Gasteiger partial charge in [0.2, 0.25) is 0 Å². The molecule has 2 saturated heterocycles. The Kier molecular flexibility index (Phi) is 5.73. The summed E-state index contributed by atoms with van der Waals surface area (Å²) in [6.45, 7) is 8.69. The van der Waals surface area contributed by atoms with E-state index in [0.29, 0.717) is 5.92 Å². The molecule has 0 spiro atoms. The average molecular weight is 334 g/mol. The van der Waals surface area contributed by atoms with Gasteiger partial charge in [0.1, 0.15) is 6.10 Å². The van der Waals surface area contributed by atoms with Crippen LogP contribution in [-0.4, -0.2) is 78.5 Å². The predicted octanol–water partition coefficient (Wildman–Crippen LogP) is 0.711. The number of hydrogen-bond acceptors (Lipinski definition) is 4. The van der Waals surface area contributed by atoms with Crippen LogP contribution in [0.15, 0.2) is 17.4 Å². The van der Waals surface area contributed by atoms with Gasteiger partial charge in [0.05, 0.1) is 19.3 Å². The molecule has 134 valence electrons. The van der Waals surface area contributed by atoms with Gasteiger partial charge >= 0.3 is 0 Å². The van der Waals surface area contributed by atoms with Gasteiger partial charge in [-0.3, -0.25) is 9.67 Å².